The highest BCUT2D eigenvalue weighted by molar-refractivity contribution is 6.30. The number of halogens is 1. The maximum absolute atomic E-state index is 12.2. The van der Waals surface area contributed by atoms with Gasteiger partial charge in [0.05, 0.1) is 12.1 Å². The molecule has 8 heteroatoms. The molecule has 2 amide bonds. The molecule has 0 bridgehead atoms. The van der Waals surface area contributed by atoms with Gasteiger partial charge in [0.1, 0.15) is 12.4 Å². The van der Waals surface area contributed by atoms with Gasteiger partial charge in [-0.15, -0.1) is 0 Å². The SMILES string of the molecule is CN(CC(=O)NC(C)(C)C)C(=O)COC(=O)C1=Cc2cc(Cl)ccc2OC1. The van der Waals surface area contributed by atoms with E-state index in [2.05, 4.69) is 5.32 Å². The quantitative estimate of drug-likeness (QED) is 0.772. The Morgan fingerprint density at radius 2 is 2.00 bits per heavy atom. The van der Waals surface area contributed by atoms with Crippen LogP contribution in [0, 0.1) is 0 Å². The molecule has 0 aromatic heterocycles. The summed E-state index contributed by atoms with van der Waals surface area (Å²) in [5.41, 5.74) is 0.564. The second-order valence-electron chi connectivity index (χ2n) is 7.26. The number of hydrogen-bond donors (Lipinski definition) is 1. The summed E-state index contributed by atoms with van der Waals surface area (Å²) in [6.07, 6.45) is 1.62. The zero-order valence-corrected chi connectivity index (χ0v) is 16.6. The van der Waals surface area contributed by atoms with Crippen molar-refractivity contribution in [1.29, 1.82) is 0 Å². The van der Waals surface area contributed by atoms with Crippen molar-refractivity contribution in [3.63, 3.8) is 0 Å². The van der Waals surface area contributed by atoms with Crippen LogP contribution in [0.1, 0.15) is 26.3 Å². The lowest BCUT2D eigenvalue weighted by Gasteiger charge is -2.23. The molecule has 1 aromatic carbocycles. The fraction of sp³-hybridized carbons (Fsp3) is 0.421. The average molecular weight is 395 g/mol. The number of nitrogens with one attached hydrogen (secondary N) is 1. The lowest BCUT2D eigenvalue weighted by atomic mass is 10.1. The van der Waals surface area contributed by atoms with E-state index in [4.69, 9.17) is 21.1 Å². The molecule has 0 saturated carbocycles. The fourth-order valence-corrected chi connectivity index (χ4v) is 2.54. The summed E-state index contributed by atoms with van der Waals surface area (Å²) in [6, 6.07) is 5.09. The maximum atomic E-state index is 12.2. The first-order valence-corrected chi connectivity index (χ1v) is 8.78. The molecule has 0 fully saturated rings. The Hall–Kier alpha value is -2.54. The molecular weight excluding hydrogens is 372 g/mol. The summed E-state index contributed by atoms with van der Waals surface area (Å²) in [5.74, 6) is -0.798. The Morgan fingerprint density at radius 3 is 2.67 bits per heavy atom. The van der Waals surface area contributed by atoms with E-state index < -0.39 is 18.5 Å². The van der Waals surface area contributed by atoms with Gasteiger partial charge in [0.25, 0.3) is 5.91 Å². The van der Waals surface area contributed by atoms with Crippen molar-refractivity contribution < 1.29 is 23.9 Å². The number of nitrogens with zero attached hydrogens (tertiary/aromatic N) is 1. The van der Waals surface area contributed by atoms with E-state index in [0.717, 1.165) is 0 Å². The van der Waals surface area contributed by atoms with Crippen molar-refractivity contribution in [3.05, 3.63) is 34.4 Å². The maximum Gasteiger partial charge on any atom is 0.338 e. The molecule has 1 aliphatic heterocycles. The van der Waals surface area contributed by atoms with E-state index in [1.807, 2.05) is 20.8 Å². The predicted molar refractivity (Wildman–Crippen MR) is 101 cm³/mol. The van der Waals surface area contributed by atoms with E-state index in [1.54, 1.807) is 24.3 Å². The summed E-state index contributed by atoms with van der Waals surface area (Å²) >= 11 is 5.94. The minimum Gasteiger partial charge on any atom is -0.488 e. The van der Waals surface area contributed by atoms with Crippen molar-refractivity contribution in [2.24, 2.45) is 0 Å². The van der Waals surface area contributed by atoms with Crippen LogP contribution >= 0.6 is 11.6 Å². The van der Waals surface area contributed by atoms with Crippen molar-refractivity contribution in [2.75, 3.05) is 26.8 Å². The zero-order chi connectivity index (χ0) is 20.2. The summed E-state index contributed by atoms with van der Waals surface area (Å²) in [6.45, 7) is 5.01. The van der Waals surface area contributed by atoms with Crippen LogP contribution in [-0.4, -0.2) is 55.0 Å². The number of ether oxygens (including phenoxy) is 2. The van der Waals surface area contributed by atoms with Crippen LogP contribution in [0.2, 0.25) is 5.02 Å². The first-order chi connectivity index (χ1) is 12.5. The first kappa shape index (κ1) is 20.8. The number of rotatable bonds is 5. The topological polar surface area (TPSA) is 84.9 Å². The Balaban J connectivity index is 1.88. The van der Waals surface area contributed by atoms with E-state index in [1.165, 1.54) is 11.9 Å². The largest absolute Gasteiger partial charge is 0.488 e. The Morgan fingerprint density at radius 1 is 1.30 bits per heavy atom. The summed E-state index contributed by atoms with van der Waals surface area (Å²) in [4.78, 5) is 37.3. The van der Waals surface area contributed by atoms with Gasteiger partial charge >= 0.3 is 5.97 Å². The second kappa shape index (κ2) is 8.43. The van der Waals surface area contributed by atoms with Gasteiger partial charge in [-0.1, -0.05) is 11.6 Å². The van der Waals surface area contributed by atoms with E-state index >= 15 is 0 Å². The lowest BCUT2D eigenvalue weighted by Crippen LogP contribution is -2.47. The van der Waals surface area contributed by atoms with Crippen molar-refractivity contribution >= 4 is 35.5 Å². The van der Waals surface area contributed by atoms with Gasteiger partial charge in [-0.05, 0) is 45.0 Å². The molecule has 146 valence electrons. The third-order valence-corrected chi connectivity index (χ3v) is 3.83. The molecule has 0 spiro atoms. The minimum atomic E-state index is -0.651. The highest BCUT2D eigenvalue weighted by atomic mass is 35.5. The number of likely N-dealkylation sites (N-methyl/N-ethyl adjacent to an activating group) is 1. The van der Waals surface area contributed by atoms with Gasteiger partial charge in [0.15, 0.2) is 6.61 Å². The number of carbonyl (C=O) groups is 3. The molecule has 2 rings (SSSR count). The predicted octanol–water partition coefficient (Wildman–Crippen LogP) is 2.03. The number of carbonyl (C=O) groups excluding carboxylic acids is 3. The summed E-state index contributed by atoms with van der Waals surface area (Å²) in [7, 11) is 1.47. The molecule has 1 aliphatic rings. The van der Waals surface area contributed by atoms with Crippen LogP contribution in [0.3, 0.4) is 0 Å². The highest BCUT2D eigenvalue weighted by Gasteiger charge is 2.22. The van der Waals surface area contributed by atoms with Crippen molar-refractivity contribution in [1.82, 2.24) is 10.2 Å². The molecule has 1 N–H and O–H groups in total. The first-order valence-electron chi connectivity index (χ1n) is 8.40. The Kier molecular flexibility index (Phi) is 6.49. The van der Waals surface area contributed by atoms with Gasteiger partial charge < -0.3 is 19.7 Å². The Labute approximate surface area is 163 Å². The van der Waals surface area contributed by atoms with Crippen LogP contribution in [0.4, 0.5) is 0 Å². The number of amides is 2. The molecule has 0 unspecified atom stereocenters. The molecule has 27 heavy (non-hydrogen) atoms. The van der Waals surface area contributed by atoms with Gasteiger partial charge in [0, 0.05) is 23.2 Å². The van der Waals surface area contributed by atoms with E-state index in [0.29, 0.717) is 16.3 Å². The number of fused-ring (bicyclic) bond motifs is 1. The van der Waals surface area contributed by atoms with Crippen LogP contribution in [0.25, 0.3) is 6.08 Å². The smallest absolute Gasteiger partial charge is 0.338 e. The van der Waals surface area contributed by atoms with Crippen molar-refractivity contribution in [3.8, 4) is 5.75 Å². The number of esters is 1. The monoisotopic (exact) mass is 394 g/mol. The number of benzene rings is 1. The highest BCUT2D eigenvalue weighted by Crippen LogP contribution is 2.29. The molecule has 7 nitrogen and oxygen atoms in total. The fourth-order valence-electron chi connectivity index (χ4n) is 2.36. The van der Waals surface area contributed by atoms with Gasteiger partial charge in [-0.25, -0.2) is 4.79 Å². The Bertz CT molecular complexity index is 783. The van der Waals surface area contributed by atoms with Crippen LogP contribution in [0.5, 0.6) is 5.75 Å². The summed E-state index contributed by atoms with van der Waals surface area (Å²) < 4.78 is 10.5. The molecule has 0 saturated heterocycles. The number of hydrogen-bond acceptors (Lipinski definition) is 5. The average Bonchev–Trinajstić information content (AvgIpc) is 2.56. The van der Waals surface area contributed by atoms with E-state index in [-0.39, 0.29) is 30.2 Å². The van der Waals surface area contributed by atoms with Gasteiger partial charge in [-0.3, -0.25) is 9.59 Å². The van der Waals surface area contributed by atoms with Crippen LogP contribution in [-0.2, 0) is 19.1 Å². The third kappa shape index (κ3) is 6.29. The minimum absolute atomic E-state index is 0.0471. The van der Waals surface area contributed by atoms with Gasteiger partial charge in [0.2, 0.25) is 5.91 Å². The van der Waals surface area contributed by atoms with E-state index in [9.17, 15) is 14.4 Å². The molecular formula is C19H23ClN2O5. The second-order valence-corrected chi connectivity index (χ2v) is 7.70. The standard InChI is InChI=1S/C19H23ClN2O5/c1-19(2,3)21-16(23)9-22(4)17(24)11-27-18(25)13-7-12-8-14(20)5-6-15(12)26-10-13/h5-8H,9-11H2,1-4H3,(H,21,23). The molecule has 0 aliphatic carbocycles. The normalized spacial score (nSPS) is 13.0. The third-order valence-electron chi connectivity index (χ3n) is 3.59. The van der Waals surface area contributed by atoms with Gasteiger partial charge in [-0.2, -0.15) is 0 Å². The zero-order valence-electron chi connectivity index (χ0n) is 15.8. The summed E-state index contributed by atoms with van der Waals surface area (Å²) in [5, 5.41) is 3.28. The van der Waals surface area contributed by atoms with Crippen LogP contribution in [0.15, 0.2) is 23.8 Å². The molecule has 0 atom stereocenters. The molecule has 1 heterocycles. The molecule has 1 aromatic rings. The molecule has 0 radical (unpaired) electrons. The van der Waals surface area contributed by atoms with Crippen molar-refractivity contribution in [2.45, 2.75) is 26.3 Å². The van der Waals surface area contributed by atoms with Crippen LogP contribution < -0.4 is 10.1 Å². The lowest BCUT2D eigenvalue weighted by molar-refractivity contribution is -0.149.